The molecule has 4 aliphatic carbocycles. The molecule has 0 saturated heterocycles. The van der Waals surface area contributed by atoms with Crippen LogP contribution in [0.4, 0.5) is 17.1 Å². The zero-order valence-corrected chi connectivity index (χ0v) is 32.7. The van der Waals surface area contributed by atoms with Crippen molar-refractivity contribution >= 4 is 27.8 Å². The molecule has 3 atom stereocenters. The van der Waals surface area contributed by atoms with Crippen LogP contribution in [-0.4, -0.2) is 0 Å². The molecule has 2 saturated carbocycles. The average Bonchev–Trinajstić information content (AvgIpc) is 4.01. The maximum atomic E-state index is 2.61. The Morgan fingerprint density at radius 1 is 0.474 bits per heavy atom. The van der Waals surface area contributed by atoms with Gasteiger partial charge < -0.3 is 4.90 Å². The van der Waals surface area contributed by atoms with E-state index >= 15 is 0 Å². The van der Waals surface area contributed by atoms with E-state index in [-0.39, 0.29) is 10.8 Å². The molecule has 0 heterocycles. The van der Waals surface area contributed by atoms with E-state index in [9.17, 15) is 0 Å². The first-order valence-electron chi connectivity index (χ1n) is 21.0. The van der Waals surface area contributed by atoms with Crippen LogP contribution in [0.2, 0.25) is 0 Å². The Morgan fingerprint density at radius 3 is 1.95 bits per heavy atom. The first kappa shape index (κ1) is 33.0. The molecule has 1 spiro atoms. The maximum absolute atomic E-state index is 2.61. The zero-order chi connectivity index (χ0) is 37.9. The highest BCUT2D eigenvalue weighted by atomic mass is 15.1. The molecule has 0 radical (unpaired) electrons. The van der Waals surface area contributed by atoms with E-state index in [4.69, 9.17) is 0 Å². The summed E-state index contributed by atoms with van der Waals surface area (Å²) in [6.07, 6.45) is 5.33. The molecule has 57 heavy (non-hydrogen) atoms. The summed E-state index contributed by atoms with van der Waals surface area (Å²) in [5.74, 6) is 1.51. The number of nitrogens with zero attached hydrogens (tertiary/aromatic N) is 1. The largest absolute Gasteiger partial charge is 0.309 e. The van der Waals surface area contributed by atoms with Crippen LogP contribution in [0, 0.1) is 11.8 Å². The summed E-state index contributed by atoms with van der Waals surface area (Å²) >= 11 is 0. The zero-order valence-electron chi connectivity index (χ0n) is 32.7. The molecule has 2 fully saturated rings. The van der Waals surface area contributed by atoms with Crippen molar-refractivity contribution in [2.75, 3.05) is 4.90 Å². The van der Waals surface area contributed by atoms with E-state index in [1.165, 1.54) is 115 Å². The fraction of sp³-hybridized carbons (Fsp3) is 0.179. The standard InChI is InChI=1S/C56H45N/c1-55(2)50-24-10-8-21-47(50)49-23-13-22-43(53(49)55)39-17-12-18-41(33-39)57(54-44-19-7-6-16-38(44)27-30-45(54)37-14-4-3-5-15-37)42-29-31-48-46-20-9-11-25-51(46)56(52(48)34-42)35-36-26-28-40(56)32-36/h3-25,27,29-31,33-34,36,40H,26,28,32,35H2,1-2H3. The molecule has 274 valence electrons. The van der Waals surface area contributed by atoms with Gasteiger partial charge in [0.1, 0.15) is 0 Å². The quantitative estimate of drug-likeness (QED) is 0.170. The number of rotatable bonds is 5. The molecule has 8 aromatic carbocycles. The van der Waals surface area contributed by atoms with Gasteiger partial charge in [-0.3, -0.25) is 0 Å². The van der Waals surface area contributed by atoms with Crippen molar-refractivity contribution in [3.8, 4) is 44.5 Å². The van der Waals surface area contributed by atoms with Crippen LogP contribution in [0.25, 0.3) is 55.3 Å². The SMILES string of the molecule is CC1(C)c2ccccc2-c2cccc(-c3cccc(N(c4ccc5c(c4)C4(CC6CCC4C6)c4ccccc4-5)c4c(-c5ccccc5)ccc5ccccc45)c3)c21. The molecule has 1 nitrogen and oxygen atoms in total. The second kappa shape index (κ2) is 12.2. The van der Waals surface area contributed by atoms with Crippen molar-refractivity contribution in [3.63, 3.8) is 0 Å². The van der Waals surface area contributed by atoms with Gasteiger partial charge in [-0.05, 0) is 122 Å². The van der Waals surface area contributed by atoms with Gasteiger partial charge in [-0.15, -0.1) is 0 Å². The average molecular weight is 732 g/mol. The maximum Gasteiger partial charge on any atom is 0.0618 e. The van der Waals surface area contributed by atoms with Crippen LogP contribution in [0.5, 0.6) is 0 Å². The summed E-state index contributed by atoms with van der Waals surface area (Å²) in [5.41, 5.74) is 20.1. The molecule has 0 N–H and O–H groups in total. The van der Waals surface area contributed by atoms with Crippen molar-refractivity contribution in [2.24, 2.45) is 11.8 Å². The number of hydrogen-bond acceptors (Lipinski definition) is 1. The first-order chi connectivity index (χ1) is 28.0. The van der Waals surface area contributed by atoms with Crippen molar-refractivity contribution < 1.29 is 0 Å². The monoisotopic (exact) mass is 731 g/mol. The fourth-order valence-corrected chi connectivity index (χ4v) is 12.2. The lowest BCUT2D eigenvalue weighted by Gasteiger charge is -2.37. The van der Waals surface area contributed by atoms with Gasteiger partial charge in [0.05, 0.1) is 5.69 Å². The van der Waals surface area contributed by atoms with Gasteiger partial charge in [0.15, 0.2) is 0 Å². The van der Waals surface area contributed by atoms with E-state index in [1.807, 2.05) is 0 Å². The Morgan fingerprint density at radius 2 is 1.12 bits per heavy atom. The van der Waals surface area contributed by atoms with E-state index in [0.29, 0.717) is 5.92 Å². The normalized spacial score (nSPS) is 20.4. The van der Waals surface area contributed by atoms with Crippen molar-refractivity contribution in [3.05, 3.63) is 198 Å². The van der Waals surface area contributed by atoms with E-state index in [2.05, 4.69) is 195 Å². The van der Waals surface area contributed by atoms with Crippen LogP contribution in [0.1, 0.15) is 61.8 Å². The smallest absolute Gasteiger partial charge is 0.0618 e. The van der Waals surface area contributed by atoms with Crippen molar-refractivity contribution in [1.29, 1.82) is 0 Å². The van der Waals surface area contributed by atoms with Gasteiger partial charge in [-0.25, -0.2) is 0 Å². The van der Waals surface area contributed by atoms with Crippen LogP contribution in [0.3, 0.4) is 0 Å². The van der Waals surface area contributed by atoms with Crippen molar-refractivity contribution in [2.45, 2.75) is 50.4 Å². The molecule has 1 heteroatoms. The third kappa shape index (κ3) is 4.63. The van der Waals surface area contributed by atoms with Crippen LogP contribution < -0.4 is 4.90 Å². The summed E-state index contributed by atoms with van der Waals surface area (Å²) < 4.78 is 0. The molecule has 0 aliphatic heterocycles. The second-order valence-corrected chi connectivity index (χ2v) is 17.7. The predicted molar refractivity (Wildman–Crippen MR) is 239 cm³/mol. The minimum Gasteiger partial charge on any atom is -0.309 e. The number of anilines is 3. The molecule has 4 aliphatic rings. The van der Waals surface area contributed by atoms with E-state index in [1.54, 1.807) is 5.56 Å². The summed E-state index contributed by atoms with van der Waals surface area (Å²) in [4.78, 5) is 2.60. The minimum absolute atomic E-state index is 0.0879. The van der Waals surface area contributed by atoms with Gasteiger partial charge in [-0.1, -0.05) is 172 Å². The summed E-state index contributed by atoms with van der Waals surface area (Å²) in [6, 6.07) is 66.7. The van der Waals surface area contributed by atoms with Crippen LogP contribution >= 0.6 is 0 Å². The molecular formula is C56H45N. The Hall–Kier alpha value is -6.18. The lowest BCUT2D eigenvalue weighted by Crippen LogP contribution is -2.32. The van der Waals surface area contributed by atoms with Gasteiger partial charge in [0.25, 0.3) is 0 Å². The highest BCUT2D eigenvalue weighted by Crippen LogP contribution is 2.66. The van der Waals surface area contributed by atoms with Gasteiger partial charge in [0.2, 0.25) is 0 Å². The molecular weight excluding hydrogens is 687 g/mol. The summed E-state index contributed by atoms with van der Waals surface area (Å²) in [7, 11) is 0. The summed E-state index contributed by atoms with van der Waals surface area (Å²) in [5, 5.41) is 2.49. The third-order valence-electron chi connectivity index (χ3n) is 14.5. The topological polar surface area (TPSA) is 3.24 Å². The Labute approximate surface area is 336 Å². The first-order valence-corrected chi connectivity index (χ1v) is 21.0. The molecule has 0 aromatic heterocycles. The molecule has 2 bridgehead atoms. The van der Waals surface area contributed by atoms with Crippen LogP contribution in [-0.2, 0) is 10.8 Å². The van der Waals surface area contributed by atoms with Gasteiger partial charge >= 0.3 is 0 Å². The predicted octanol–water partition coefficient (Wildman–Crippen LogP) is 15.0. The summed E-state index contributed by atoms with van der Waals surface area (Å²) in [6.45, 7) is 4.79. The van der Waals surface area contributed by atoms with Gasteiger partial charge in [0, 0.05) is 33.2 Å². The molecule has 3 unspecified atom stereocenters. The van der Waals surface area contributed by atoms with E-state index in [0.717, 1.165) is 5.92 Å². The lowest BCUT2D eigenvalue weighted by atomic mass is 9.67. The highest BCUT2D eigenvalue weighted by Gasteiger charge is 2.56. The van der Waals surface area contributed by atoms with Crippen LogP contribution in [0.15, 0.2) is 176 Å². The molecule has 12 rings (SSSR count). The lowest BCUT2D eigenvalue weighted by molar-refractivity contribution is 0.327. The minimum atomic E-state index is -0.113. The second-order valence-electron chi connectivity index (χ2n) is 17.7. The number of fused-ring (bicyclic) bond motifs is 12. The van der Waals surface area contributed by atoms with E-state index < -0.39 is 0 Å². The Bertz CT molecular complexity index is 2920. The molecule has 8 aromatic rings. The van der Waals surface area contributed by atoms with Gasteiger partial charge in [-0.2, -0.15) is 0 Å². The fourth-order valence-electron chi connectivity index (χ4n) is 12.2. The molecule has 0 amide bonds. The highest BCUT2D eigenvalue weighted by molar-refractivity contribution is 6.06. The number of benzene rings is 8. The third-order valence-corrected chi connectivity index (χ3v) is 14.5. The Balaban J connectivity index is 1.12. The number of hydrogen-bond donors (Lipinski definition) is 0. The Kier molecular flexibility index (Phi) is 7.04. The van der Waals surface area contributed by atoms with Crippen molar-refractivity contribution in [1.82, 2.24) is 0 Å².